The zero-order valence-electron chi connectivity index (χ0n) is 13.2. The lowest BCUT2D eigenvalue weighted by molar-refractivity contribution is 0.102. The summed E-state index contributed by atoms with van der Waals surface area (Å²) in [6.45, 7) is 2.43. The first-order valence-corrected chi connectivity index (χ1v) is 9.01. The molecule has 128 valence electrons. The van der Waals surface area contributed by atoms with Gasteiger partial charge in [-0.15, -0.1) is 0 Å². The van der Waals surface area contributed by atoms with E-state index in [-0.39, 0.29) is 15.5 Å². The third kappa shape index (κ3) is 4.25. The van der Waals surface area contributed by atoms with E-state index in [2.05, 4.69) is 10.0 Å². The van der Waals surface area contributed by atoms with E-state index in [1.807, 2.05) is 6.92 Å². The monoisotopic (exact) mass is 368 g/mol. The summed E-state index contributed by atoms with van der Waals surface area (Å²) in [5.74, 6) is 0.188. The number of carbonyl (C=O) groups is 1. The van der Waals surface area contributed by atoms with Crippen molar-refractivity contribution in [2.45, 2.75) is 11.8 Å². The summed E-state index contributed by atoms with van der Waals surface area (Å²) in [7, 11) is -2.37. The molecule has 0 saturated carbocycles. The Balaban J connectivity index is 2.24. The van der Waals surface area contributed by atoms with Gasteiger partial charge in [0, 0.05) is 5.69 Å². The molecule has 8 heteroatoms. The van der Waals surface area contributed by atoms with Gasteiger partial charge in [-0.25, -0.2) is 13.1 Å². The van der Waals surface area contributed by atoms with Crippen LogP contribution >= 0.6 is 11.6 Å². The highest BCUT2D eigenvalue weighted by molar-refractivity contribution is 7.89. The summed E-state index contributed by atoms with van der Waals surface area (Å²) >= 11 is 6.02. The lowest BCUT2D eigenvalue weighted by atomic mass is 10.2. The van der Waals surface area contributed by atoms with E-state index >= 15 is 0 Å². The predicted octanol–water partition coefficient (Wildman–Crippen LogP) is 2.90. The molecule has 0 radical (unpaired) electrons. The Labute approximate surface area is 145 Å². The minimum Gasteiger partial charge on any atom is -0.494 e. The highest BCUT2D eigenvalue weighted by Gasteiger charge is 2.17. The molecule has 0 aromatic heterocycles. The van der Waals surface area contributed by atoms with Crippen LogP contribution in [0.5, 0.6) is 5.75 Å². The van der Waals surface area contributed by atoms with Crippen molar-refractivity contribution in [2.24, 2.45) is 0 Å². The molecular formula is C16H17ClN2O4S. The number of ether oxygens (including phenoxy) is 1. The quantitative estimate of drug-likeness (QED) is 0.821. The maximum atomic E-state index is 12.4. The molecule has 0 atom stereocenters. The van der Waals surface area contributed by atoms with Crippen molar-refractivity contribution in [3.05, 3.63) is 53.1 Å². The number of hydrogen-bond acceptors (Lipinski definition) is 4. The largest absolute Gasteiger partial charge is 0.494 e. The molecule has 6 nitrogen and oxygen atoms in total. The molecule has 2 N–H and O–H groups in total. The smallest absolute Gasteiger partial charge is 0.257 e. The average molecular weight is 369 g/mol. The van der Waals surface area contributed by atoms with Crippen LogP contribution in [0.1, 0.15) is 17.3 Å². The minimum atomic E-state index is -3.66. The number of nitrogens with one attached hydrogen (secondary N) is 2. The first-order chi connectivity index (χ1) is 11.4. The Kier molecular flexibility index (Phi) is 5.82. The molecule has 2 aromatic rings. The number of rotatable bonds is 6. The van der Waals surface area contributed by atoms with E-state index in [9.17, 15) is 13.2 Å². The number of carbonyl (C=O) groups excluding carboxylic acids is 1. The van der Waals surface area contributed by atoms with Crippen molar-refractivity contribution in [1.29, 1.82) is 0 Å². The lowest BCUT2D eigenvalue weighted by Gasteiger charge is -2.10. The molecule has 0 fully saturated rings. The SMILES string of the molecule is CCOc1ccc(NC(=O)c2cc(S(=O)(=O)NC)ccc2Cl)cc1. The van der Waals surface area contributed by atoms with Gasteiger partial charge in [0.2, 0.25) is 10.0 Å². The zero-order valence-corrected chi connectivity index (χ0v) is 14.7. The molecule has 0 bridgehead atoms. The first-order valence-electron chi connectivity index (χ1n) is 7.14. The average Bonchev–Trinajstić information content (AvgIpc) is 2.57. The van der Waals surface area contributed by atoms with Crippen LogP contribution in [-0.2, 0) is 10.0 Å². The molecular weight excluding hydrogens is 352 g/mol. The molecule has 0 heterocycles. The van der Waals surface area contributed by atoms with Crippen LogP contribution in [0.3, 0.4) is 0 Å². The highest BCUT2D eigenvalue weighted by atomic mass is 35.5. The van der Waals surface area contributed by atoms with E-state index in [1.54, 1.807) is 24.3 Å². The number of hydrogen-bond donors (Lipinski definition) is 2. The Hall–Kier alpha value is -2.09. The summed E-state index contributed by atoms with van der Waals surface area (Å²) in [5.41, 5.74) is 0.614. The maximum Gasteiger partial charge on any atom is 0.257 e. The summed E-state index contributed by atoms with van der Waals surface area (Å²) in [4.78, 5) is 12.3. The molecule has 0 aliphatic rings. The third-order valence-electron chi connectivity index (χ3n) is 3.18. The van der Waals surface area contributed by atoms with Crippen LogP contribution in [0.2, 0.25) is 5.02 Å². The van der Waals surface area contributed by atoms with Gasteiger partial charge < -0.3 is 10.1 Å². The first kappa shape index (κ1) is 18.3. The van der Waals surface area contributed by atoms with E-state index in [1.165, 1.54) is 25.2 Å². The van der Waals surface area contributed by atoms with Gasteiger partial charge in [-0.1, -0.05) is 11.6 Å². The molecule has 0 spiro atoms. The normalized spacial score (nSPS) is 11.1. The molecule has 2 aromatic carbocycles. The second-order valence-electron chi connectivity index (χ2n) is 4.76. The van der Waals surface area contributed by atoms with Crippen molar-refractivity contribution in [3.8, 4) is 5.75 Å². The maximum absolute atomic E-state index is 12.4. The van der Waals surface area contributed by atoms with Crippen LogP contribution in [0.4, 0.5) is 5.69 Å². The van der Waals surface area contributed by atoms with Gasteiger partial charge in [0.25, 0.3) is 5.91 Å². The molecule has 0 unspecified atom stereocenters. The van der Waals surface area contributed by atoms with E-state index in [4.69, 9.17) is 16.3 Å². The van der Waals surface area contributed by atoms with E-state index in [0.717, 1.165) is 0 Å². The Morgan fingerprint density at radius 2 is 1.83 bits per heavy atom. The molecule has 0 aliphatic heterocycles. The number of benzene rings is 2. The van der Waals surface area contributed by atoms with Gasteiger partial charge in [-0.05, 0) is 56.4 Å². The fourth-order valence-electron chi connectivity index (χ4n) is 1.96. The minimum absolute atomic E-state index is 0.0359. The predicted molar refractivity (Wildman–Crippen MR) is 93.3 cm³/mol. The molecule has 0 aliphatic carbocycles. The van der Waals surface area contributed by atoms with Gasteiger partial charge in [0.05, 0.1) is 22.1 Å². The Bertz CT molecular complexity index is 836. The number of halogens is 1. The Morgan fingerprint density at radius 1 is 1.17 bits per heavy atom. The third-order valence-corrected chi connectivity index (χ3v) is 4.93. The van der Waals surface area contributed by atoms with Gasteiger partial charge in [0.1, 0.15) is 5.75 Å². The molecule has 2 rings (SSSR count). The molecule has 24 heavy (non-hydrogen) atoms. The number of sulfonamides is 1. The van der Waals surface area contributed by atoms with Gasteiger partial charge in [0.15, 0.2) is 0 Å². The molecule has 1 amide bonds. The number of amides is 1. The van der Waals surface area contributed by atoms with Crippen LogP contribution in [0.15, 0.2) is 47.4 Å². The van der Waals surface area contributed by atoms with Crippen LogP contribution in [-0.4, -0.2) is 28.0 Å². The summed E-state index contributed by atoms with van der Waals surface area (Å²) in [6.07, 6.45) is 0. The zero-order chi connectivity index (χ0) is 17.7. The van der Waals surface area contributed by atoms with E-state index in [0.29, 0.717) is 18.0 Å². The number of anilines is 1. The topological polar surface area (TPSA) is 84.5 Å². The van der Waals surface area contributed by atoms with Crippen molar-refractivity contribution in [3.63, 3.8) is 0 Å². The van der Waals surface area contributed by atoms with Crippen LogP contribution in [0.25, 0.3) is 0 Å². The van der Waals surface area contributed by atoms with Gasteiger partial charge >= 0.3 is 0 Å². The Morgan fingerprint density at radius 3 is 2.42 bits per heavy atom. The summed E-state index contributed by atoms with van der Waals surface area (Å²) in [6, 6.07) is 10.8. The molecule has 0 saturated heterocycles. The fraction of sp³-hybridized carbons (Fsp3) is 0.188. The van der Waals surface area contributed by atoms with Gasteiger partial charge in [-0.3, -0.25) is 4.79 Å². The fourth-order valence-corrected chi connectivity index (χ4v) is 2.92. The van der Waals surface area contributed by atoms with Crippen molar-refractivity contribution < 1.29 is 17.9 Å². The van der Waals surface area contributed by atoms with Crippen molar-refractivity contribution in [1.82, 2.24) is 4.72 Å². The highest BCUT2D eigenvalue weighted by Crippen LogP contribution is 2.22. The van der Waals surface area contributed by atoms with Crippen molar-refractivity contribution >= 4 is 33.2 Å². The lowest BCUT2D eigenvalue weighted by Crippen LogP contribution is -2.20. The summed E-state index contributed by atoms with van der Waals surface area (Å²) in [5, 5.41) is 2.83. The van der Waals surface area contributed by atoms with Crippen LogP contribution in [0, 0.1) is 0 Å². The van der Waals surface area contributed by atoms with E-state index < -0.39 is 15.9 Å². The van der Waals surface area contributed by atoms with Crippen LogP contribution < -0.4 is 14.8 Å². The summed E-state index contributed by atoms with van der Waals surface area (Å²) < 4.78 is 31.2. The van der Waals surface area contributed by atoms with Crippen molar-refractivity contribution in [2.75, 3.05) is 19.0 Å². The van der Waals surface area contributed by atoms with Gasteiger partial charge in [-0.2, -0.15) is 0 Å². The second-order valence-corrected chi connectivity index (χ2v) is 7.05. The second kappa shape index (κ2) is 7.65. The standard InChI is InChI=1S/C16H17ClN2O4S/c1-3-23-12-6-4-11(5-7-12)19-16(20)14-10-13(8-9-15(14)17)24(21,22)18-2/h4-10,18H,3H2,1-2H3,(H,19,20).